The van der Waals surface area contributed by atoms with Crippen molar-refractivity contribution in [2.45, 2.75) is 45.3 Å². The maximum atomic E-state index is 12.8. The van der Waals surface area contributed by atoms with Crippen LogP contribution in [-0.2, 0) is 9.53 Å². The molecule has 1 fully saturated rings. The molecule has 3 rings (SSSR count). The standard InChI is InChI=1S/C18H21N3O5/c1-10-4-3-5-14(10)26-17(22)15-11(2)19-18(23)20-16(15)12-6-8-13(9-7-12)21(24)25/h6-10,14,16H,3-5H2,1-2H3,(H2,19,20,23)/t10-,14+,16+/m0/s1. The van der Waals surface area contributed by atoms with Gasteiger partial charge in [-0.1, -0.05) is 6.92 Å². The van der Waals surface area contributed by atoms with E-state index in [4.69, 9.17) is 4.74 Å². The summed E-state index contributed by atoms with van der Waals surface area (Å²) in [5, 5.41) is 16.1. The number of nitro groups is 1. The minimum atomic E-state index is -0.714. The van der Waals surface area contributed by atoms with Gasteiger partial charge in [0, 0.05) is 17.8 Å². The van der Waals surface area contributed by atoms with Crippen LogP contribution in [-0.4, -0.2) is 23.0 Å². The van der Waals surface area contributed by atoms with Crippen LogP contribution in [0.4, 0.5) is 10.5 Å². The number of nitrogens with one attached hydrogen (secondary N) is 2. The Labute approximate surface area is 150 Å². The Morgan fingerprint density at radius 1 is 1.27 bits per heavy atom. The van der Waals surface area contributed by atoms with Crippen molar-refractivity contribution >= 4 is 17.7 Å². The van der Waals surface area contributed by atoms with Gasteiger partial charge < -0.3 is 15.4 Å². The second-order valence-electron chi connectivity index (χ2n) is 6.77. The quantitative estimate of drug-likeness (QED) is 0.488. The van der Waals surface area contributed by atoms with Crippen LogP contribution in [0.5, 0.6) is 0 Å². The molecule has 2 N–H and O–H groups in total. The van der Waals surface area contributed by atoms with Gasteiger partial charge in [0.2, 0.25) is 0 Å². The van der Waals surface area contributed by atoms with E-state index in [1.165, 1.54) is 24.3 Å². The molecule has 1 aromatic carbocycles. The predicted octanol–water partition coefficient (Wildman–Crippen LogP) is 2.95. The third-order valence-electron chi connectivity index (χ3n) is 4.97. The molecule has 2 aliphatic rings. The maximum absolute atomic E-state index is 12.8. The van der Waals surface area contributed by atoms with Crippen molar-refractivity contribution in [1.29, 1.82) is 0 Å². The van der Waals surface area contributed by atoms with Gasteiger partial charge in [-0.25, -0.2) is 9.59 Å². The number of amides is 2. The molecular formula is C18H21N3O5. The van der Waals surface area contributed by atoms with Crippen LogP contribution >= 0.6 is 0 Å². The highest BCUT2D eigenvalue weighted by molar-refractivity contribution is 5.95. The predicted molar refractivity (Wildman–Crippen MR) is 93.1 cm³/mol. The number of carbonyl (C=O) groups excluding carboxylic acids is 2. The van der Waals surface area contributed by atoms with E-state index in [-0.39, 0.29) is 11.8 Å². The lowest BCUT2D eigenvalue weighted by Crippen LogP contribution is -2.45. The summed E-state index contributed by atoms with van der Waals surface area (Å²) in [7, 11) is 0. The Hall–Kier alpha value is -2.90. The number of nitro benzene ring substituents is 1. The smallest absolute Gasteiger partial charge is 0.338 e. The number of rotatable bonds is 4. The van der Waals surface area contributed by atoms with Gasteiger partial charge in [-0.3, -0.25) is 10.1 Å². The van der Waals surface area contributed by atoms with Crippen LogP contribution in [0.15, 0.2) is 35.5 Å². The molecule has 0 bridgehead atoms. The largest absolute Gasteiger partial charge is 0.459 e. The van der Waals surface area contributed by atoms with E-state index in [1.54, 1.807) is 6.92 Å². The normalized spacial score (nSPS) is 25.5. The molecule has 26 heavy (non-hydrogen) atoms. The molecule has 138 valence electrons. The van der Waals surface area contributed by atoms with Crippen molar-refractivity contribution in [3.63, 3.8) is 0 Å². The van der Waals surface area contributed by atoms with Crippen molar-refractivity contribution in [1.82, 2.24) is 10.6 Å². The number of nitrogens with zero attached hydrogens (tertiary/aromatic N) is 1. The summed E-state index contributed by atoms with van der Waals surface area (Å²) in [6, 6.07) is 4.62. The highest BCUT2D eigenvalue weighted by Gasteiger charge is 2.35. The lowest BCUT2D eigenvalue weighted by Gasteiger charge is -2.29. The third kappa shape index (κ3) is 3.54. The molecule has 1 saturated carbocycles. The van der Waals surface area contributed by atoms with E-state index in [0.29, 0.717) is 22.8 Å². The Bertz CT molecular complexity index is 772. The fourth-order valence-electron chi connectivity index (χ4n) is 3.49. The average Bonchev–Trinajstić information content (AvgIpc) is 2.99. The number of hydrogen-bond donors (Lipinski definition) is 2. The molecule has 8 heteroatoms. The Balaban J connectivity index is 1.88. The minimum absolute atomic E-state index is 0.0568. The zero-order chi connectivity index (χ0) is 18.8. The number of esters is 1. The molecule has 0 unspecified atom stereocenters. The van der Waals surface area contributed by atoms with Crippen LogP contribution in [0.1, 0.15) is 44.7 Å². The van der Waals surface area contributed by atoms with Gasteiger partial charge in [0.1, 0.15) is 6.10 Å². The third-order valence-corrected chi connectivity index (χ3v) is 4.97. The number of hydrogen-bond acceptors (Lipinski definition) is 5. The minimum Gasteiger partial charge on any atom is -0.459 e. The van der Waals surface area contributed by atoms with Gasteiger partial charge in [-0.15, -0.1) is 0 Å². The fraction of sp³-hybridized carbons (Fsp3) is 0.444. The first-order chi connectivity index (χ1) is 12.4. The molecule has 2 amide bonds. The molecule has 0 saturated heterocycles. The summed E-state index contributed by atoms with van der Waals surface area (Å²) in [5.41, 5.74) is 1.26. The van der Waals surface area contributed by atoms with E-state index in [0.717, 1.165) is 19.3 Å². The lowest BCUT2D eigenvalue weighted by molar-refractivity contribution is -0.384. The zero-order valence-electron chi connectivity index (χ0n) is 14.7. The zero-order valence-corrected chi connectivity index (χ0v) is 14.7. The monoisotopic (exact) mass is 359 g/mol. The van der Waals surface area contributed by atoms with Crippen molar-refractivity contribution in [3.8, 4) is 0 Å². The number of carbonyl (C=O) groups is 2. The number of urea groups is 1. The van der Waals surface area contributed by atoms with Gasteiger partial charge >= 0.3 is 12.0 Å². The Morgan fingerprint density at radius 3 is 2.54 bits per heavy atom. The number of benzene rings is 1. The van der Waals surface area contributed by atoms with Gasteiger partial charge in [-0.2, -0.15) is 0 Å². The van der Waals surface area contributed by atoms with Crippen LogP contribution in [0.2, 0.25) is 0 Å². The average molecular weight is 359 g/mol. The lowest BCUT2D eigenvalue weighted by atomic mass is 9.95. The van der Waals surface area contributed by atoms with Crippen LogP contribution in [0, 0.1) is 16.0 Å². The Morgan fingerprint density at radius 2 is 1.96 bits per heavy atom. The molecule has 0 spiro atoms. The molecular weight excluding hydrogens is 338 g/mol. The van der Waals surface area contributed by atoms with Gasteiger partial charge in [-0.05, 0) is 49.8 Å². The van der Waals surface area contributed by atoms with E-state index in [2.05, 4.69) is 17.6 Å². The number of non-ortho nitro benzene ring substituents is 1. The summed E-state index contributed by atoms with van der Waals surface area (Å²) in [5.74, 6) is -0.166. The first-order valence-electron chi connectivity index (χ1n) is 8.60. The molecule has 0 aromatic heterocycles. The second kappa shape index (κ2) is 7.15. The van der Waals surface area contributed by atoms with Gasteiger partial charge in [0.05, 0.1) is 16.5 Å². The van der Waals surface area contributed by atoms with Crippen molar-refractivity contribution in [2.24, 2.45) is 5.92 Å². The first kappa shape index (κ1) is 17.9. The van der Waals surface area contributed by atoms with Crippen LogP contribution in [0.25, 0.3) is 0 Å². The molecule has 1 aliphatic carbocycles. The van der Waals surface area contributed by atoms with Gasteiger partial charge in [0.15, 0.2) is 0 Å². The fourth-order valence-corrected chi connectivity index (χ4v) is 3.49. The second-order valence-corrected chi connectivity index (χ2v) is 6.77. The SMILES string of the molecule is CC1=C(C(=O)O[C@@H]2CCC[C@@H]2C)[C@@H](c2ccc([N+](=O)[O-])cc2)NC(=O)N1. The van der Waals surface area contributed by atoms with Crippen LogP contribution in [0.3, 0.4) is 0 Å². The summed E-state index contributed by atoms with van der Waals surface area (Å²) < 4.78 is 5.69. The van der Waals surface area contributed by atoms with E-state index < -0.39 is 23.0 Å². The van der Waals surface area contributed by atoms with Crippen LogP contribution < -0.4 is 10.6 Å². The van der Waals surface area contributed by atoms with E-state index in [9.17, 15) is 19.7 Å². The Kier molecular flexibility index (Phi) is 4.92. The first-order valence-corrected chi connectivity index (χ1v) is 8.60. The highest BCUT2D eigenvalue weighted by Crippen LogP contribution is 2.32. The number of ether oxygens (including phenoxy) is 1. The topological polar surface area (TPSA) is 111 Å². The molecule has 1 heterocycles. The summed E-state index contributed by atoms with van der Waals surface area (Å²) in [4.78, 5) is 35.0. The van der Waals surface area contributed by atoms with E-state index in [1.807, 2.05) is 0 Å². The molecule has 1 aromatic rings. The molecule has 3 atom stereocenters. The highest BCUT2D eigenvalue weighted by atomic mass is 16.6. The van der Waals surface area contributed by atoms with E-state index >= 15 is 0 Å². The van der Waals surface area contributed by atoms with Crippen molar-refractivity contribution < 1.29 is 19.2 Å². The summed E-state index contributed by atoms with van der Waals surface area (Å²) in [6.07, 6.45) is 2.76. The maximum Gasteiger partial charge on any atom is 0.338 e. The number of allylic oxidation sites excluding steroid dienone is 1. The summed E-state index contributed by atoms with van der Waals surface area (Å²) in [6.45, 7) is 3.70. The van der Waals surface area contributed by atoms with Gasteiger partial charge in [0.25, 0.3) is 5.69 Å². The molecule has 8 nitrogen and oxygen atoms in total. The molecule has 0 radical (unpaired) electrons. The van der Waals surface area contributed by atoms with Crippen molar-refractivity contribution in [2.75, 3.05) is 0 Å². The molecule has 1 aliphatic heterocycles. The van der Waals surface area contributed by atoms with Crippen molar-refractivity contribution in [3.05, 3.63) is 51.2 Å². The summed E-state index contributed by atoms with van der Waals surface area (Å²) >= 11 is 0.